The van der Waals surface area contributed by atoms with Crippen molar-refractivity contribution in [2.75, 3.05) is 23.9 Å². The number of hydrogen-bond acceptors (Lipinski definition) is 3. The molecular weight excluding hydrogens is 328 g/mol. The number of hydrogen-bond donors (Lipinski definition) is 3. The molecule has 0 bridgehead atoms. The summed E-state index contributed by atoms with van der Waals surface area (Å²) in [4.78, 5) is 11.8. The zero-order valence-electron chi connectivity index (χ0n) is 11.1. The molecule has 106 valence electrons. The lowest BCUT2D eigenvalue weighted by atomic mass is 10.2. The molecule has 1 aromatic rings. The standard InChI is InChI=1S/C13H19BrN2O2S/c1-9-3-4-10(7-12(9)14)15-13(18)16-11(5-6-17)8-19-2/h3-4,7,11,17H,5-6,8H2,1-2H3,(H2,15,16,18). The minimum atomic E-state index is -0.247. The Morgan fingerprint density at radius 1 is 1.53 bits per heavy atom. The first-order valence-electron chi connectivity index (χ1n) is 6.00. The van der Waals surface area contributed by atoms with Crippen molar-refractivity contribution in [3.8, 4) is 0 Å². The van der Waals surface area contributed by atoms with Crippen molar-refractivity contribution < 1.29 is 9.90 Å². The second-order valence-electron chi connectivity index (χ2n) is 4.23. The number of aliphatic hydroxyl groups excluding tert-OH is 1. The predicted octanol–water partition coefficient (Wildman–Crippen LogP) is 2.99. The first-order chi connectivity index (χ1) is 9.06. The summed E-state index contributed by atoms with van der Waals surface area (Å²) in [7, 11) is 0. The summed E-state index contributed by atoms with van der Waals surface area (Å²) < 4.78 is 0.960. The number of anilines is 1. The number of rotatable bonds is 6. The summed E-state index contributed by atoms with van der Waals surface area (Å²) >= 11 is 5.07. The summed E-state index contributed by atoms with van der Waals surface area (Å²) in [5.74, 6) is 0.783. The van der Waals surface area contributed by atoms with Crippen LogP contribution in [-0.2, 0) is 0 Å². The van der Waals surface area contributed by atoms with E-state index in [-0.39, 0.29) is 18.7 Å². The van der Waals surface area contributed by atoms with Crippen LogP contribution in [0.4, 0.5) is 10.5 Å². The molecule has 0 radical (unpaired) electrons. The van der Waals surface area contributed by atoms with Gasteiger partial charge in [0, 0.05) is 28.6 Å². The van der Waals surface area contributed by atoms with Crippen molar-refractivity contribution in [1.82, 2.24) is 5.32 Å². The molecule has 0 aliphatic rings. The quantitative estimate of drug-likeness (QED) is 0.741. The van der Waals surface area contributed by atoms with E-state index >= 15 is 0 Å². The Balaban J connectivity index is 2.55. The molecule has 2 amide bonds. The van der Waals surface area contributed by atoms with E-state index in [0.29, 0.717) is 6.42 Å². The molecule has 0 aromatic heterocycles. The molecule has 6 heteroatoms. The first kappa shape index (κ1) is 16.3. The van der Waals surface area contributed by atoms with E-state index in [1.54, 1.807) is 11.8 Å². The molecule has 19 heavy (non-hydrogen) atoms. The van der Waals surface area contributed by atoms with E-state index in [1.807, 2.05) is 31.4 Å². The van der Waals surface area contributed by atoms with Crippen molar-refractivity contribution in [3.05, 3.63) is 28.2 Å². The largest absolute Gasteiger partial charge is 0.396 e. The van der Waals surface area contributed by atoms with Crippen LogP contribution in [0.15, 0.2) is 22.7 Å². The molecule has 3 N–H and O–H groups in total. The van der Waals surface area contributed by atoms with Crippen LogP contribution in [0.3, 0.4) is 0 Å². The third-order valence-electron chi connectivity index (χ3n) is 2.61. The van der Waals surface area contributed by atoms with Crippen molar-refractivity contribution in [2.45, 2.75) is 19.4 Å². The van der Waals surface area contributed by atoms with Gasteiger partial charge < -0.3 is 15.7 Å². The molecule has 0 aliphatic heterocycles. The maximum absolute atomic E-state index is 11.8. The average Bonchev–Trinajstić information content (AvgIpc) is 2.34. The van der Waals surface area contributed by atoms with Crippen molar-refractivity contribution >= 4 is 39.4 Å². The predicted molar refractivity (Wildman–Crippen MR) is 84.9 cm³/mol. The summed E-state index contributed by atoms with van der Waals surface area (Å²) in [6.07, 6.45) is 2.53. The van der Waals surface area contributed by atoms with Gasteiger partial charge >= 0.3 is 6.03 Å². The average molecular weight is 347 g/mol. The van der Waals surface area contributed by atoms with Crippen LogP contribution in [0, 0.1) is 6.92 Å². The van der Waals surface area contributed by atoms with Gasteiger partial charge in [-0.15, -0.1) is 0 Å². The molecular formula is C13H19BrN2O2S. The smallest absolute Gasteiger partial charge is 0.319 e. The SMILES string of the molecule is CSCC(CCO)NC(=O)Nc1ccc(C)c(Br)c1. The number of aryl methyl sites for hydroxylation is 1. The molecule has 0 saturated carbocycles. The van der Waals surface area contributed by atoms with Gasteiger partial charge in [0.15, 0.2) is 0 Å². The lowest BCUT2D eigenvalue weighted by Gasteiger charge is -2.17. The van der Waals surface area contributed by atoms with E-state index in [4.69, 9.17) is 5.11 Å². The Labute approximate surface area is 126 Å². The third-order valence-corrected chi connectivity index (χ3v) is 4.20. The van der Waals surface area contributed by atoms with E-state index in [0.717, 1.165) is 21.5 Å². The highest BCUT2D eigenvalue weighted by Gasteiger charge is 2.11. The van der Waals surface area contributed by atoms with Crippen LogP contribution in [0.25, 0.3) is 0 Å². The van der Waals surface area contributed by atoms with Crippen LogP contribution in [0.1, 0.15) is 12.0 Å². The van der Waals surface area contributed by atoms with Crippen molar-refractivity contribution in [3.63, 3.8) is 0 Å². The Hall–Kier alpha value is -0.720. The lowest BCUT2D eigenvalue weighted by molar-refractivity contribution is 0.241. The fraction of sp³-hybridized carbons (Fsp3) is 0.462. The van der Waals surface area contributed by atoms with Crippen LogP contribution in [0.2, 0.25) is 0 Å². The first-order valence-corrected chi connectivity index (χ1v) is 8.19. The summed E-state index contributed by atoms with van der Waals surface area (Å²) in [5, 5.41) is 14.6. The summed E-state index contributed by atoms with van der Waals surface area (Å²) in [6.45, 7) is 2.06. The van der Waals surface area contributed by atoms with Gasteiger partial charge in [0.05, 0.1) is 0 Å². The Kier molecular flexibility index (Phi) is 7.27. The maximum atomic E-state index is 11.8. The number of carbonyl (C=O) groups is 1. The molecule has 1 rings (SSSR count). The molecule has 0 spiro atoms. The molecule has 1 unspecified atom stereocenters. The van der Waals surface area contributed by atoms with E-state index < -0.39 is 0 Å². The molecule has 1 aromatic carbocycles. The molecule has 4 nitrogen and oxygen atoms in total. The number of nitrogens with one attached hydrogen (secondary N) is 2. The van der Waals surface area contributed by atoms with E-state index in [9.17, 15) is 4.79 Å². The van der Waals surface area contributed by atoms with E-state index in [1.165, 1.54) is 0 Å². The van der Waals surface area contributed by atoms with Gasteiger partial charge in [-0.25, -0.2) is 4.79 Å². The van der Waals surface area contributed by atoms with Crippen LogP contribution < -0.4 is 10.6 Å². The van der Waals surface area contributed by atoms with Gasteiger partial charge in [0.2, 0.25) is 0 Å². The number of benzene rings is 1. The Morgan fingerprint density at radius 3 is 2.84 bits per heavy atom. The number of halogens is 1. The van der Waals surface area contributed by atoms with Gasteiger partial charge in [0.25, 0.3) is 0 Å². The second kappa shape index (κ2) is 8.45. The van der Waals surface area contributed by atoms with Gasteiger partial charge in [0.1, 0.15) is 0 Å². The Bertz CT molecular complexity index is 423. The summed E-state index contributed by atoms with van der Waals surface area (Å²) in [5.41, 5.74) is 1.85. The third kappa shape index (κ3) is 5.84. The maximum Gasteiger partial charge on any atom is 0.319 e. The van der Waals surface area contributed by atoms with Crippen LogP contribution in [-0.4, -0.2) is 35.8 Å². The van der Waals surface area contributed by atoms with E-state index in [2.05, 4.69) is 26.6 Å². The monoisotopic (exact) mass is 346 g/mol. The van der Waals surface area contributed by atoms with Gasteiger partial charge in [-0.3, -0.25) is 0 Å². The second-order valence-corrected chi connectivity index (χ2v) is 5.99. The Morgan fingerprint density at radius 2 is 2.26 bits per heavy atom. The molecule has 0 fully saturated rings. The zero-order chi connectivity index (χ0) is 14.3. The highest BCUT2D eigenvalue weighted by molar-refractivity contribution is 9.10. The van der Waals surface area contributed by atoms with Gasteiger partial charge in [-0.2, -0.15) is 11.8 Å². The lowest BCUT2D eigenvalue weighted by Crippen LogP contribution is -2.40. The molecule has 1 atom stereocenters. The number of carbonyl (C=O) groups excluding carboxylic acids is 1. The minimum absolute atomic E-state index is 0.0195. The van der Waals surface area contributed by atoms with Gasteiger partial charge in [-0.05, 0) is 37.3 Å². The molecule has 0 aliphatic carbocycles. The van der Waals surface area contributed by atoms with Crippen LogP contribution >= 0.6 is 27.7 Å². The highest BCUT2D eigenvalue weighted by atomic mass is 79.9. The highest BCUT2D eigenvalue weighted by Crippen LogP contribution is 2.20. The van der Waals surface area contributed by atoms with Crippen LogP contribution in [0.5, 0.6) is 0 Å². The number of amides is 2. The van der Waals surface area contributed by atoms with Gasteiger partial charge in [-0.1, -0.05) is 22.0 Å². The molecule has 0 saturated heterocycles. The normalized spacial score (nSPS) is 12.0. The summed E-state index contributed by atoms with van der Waals surface area (Å²) in [6, 6.07) is 5.39. The fourth-order valence-corrected chi connectivity index (χ4v) is 2.61. The zero-order valence-corrected chi connectivity index (χ0v) is 13.5. The topological polar surface area (TPSA) is 61.4 Å². The number of aliphatic hydroxyl groups is 1. The number of thioether (sulfide) groups is 1. The van der Waals surface area contributed by atoms with Crippen molar-refractivity contribution in [2.24, 2.45) is 0 Å². The fourth-order valence-electron chi connectivity index (χ4n) is 1.58. The number of urea groups is 1. The minimum Gasteiger partial charge on any atom is -0.396 e. The van der Waals surface area contributed by atoms with Crippen molar-refractivity contribution in [1.29, 1.82) is 0 Å². The molecule has 0 heterocycles.